The lowest BCUT2D eigenvalue weighted by molar-refractivity contribution is 0.0217. The molecule has 1 aromatic carbocycles. The average molecular weight is 341 g/mol. The number of halogens is 1. The van der Waals surface area contributed by atoms with Gasteiger partial charge in [0.05, 0.1) is 24.3 Å². The molecule has 1 fully saturated rings. The Hall–Kier alpha value is -2.54. The number of hydrogen-bond donors (Lipinski definition) is 2. The second-order valence-corrected chi connectivity index (χ2v) is 6.34. The summed E-state index contributed by atoms with van der Waals surface area (Å²) >= 11 is 0. The Kier molecular flexibility index (Phi) is 4.56. The van der Waals surface area contributed by atoms with E-state index in [2.05, 4.69) is 25.5 Å². The molecular formula is C18H20FN5O. The molecule has 4 rings (SSSR count). The van der Waals surface area contributed by atoms with Gasteiger partial charge in [-0.1, -0.05) is 30.3 Å². The second kappa shape index (κ2) is 7.14. The molecule has 1 aliphatic rings. The van der Waals surface area contributed by atoms with E-state index in [0.717, 1.165) is 30.5 Å². The van der Waals surface area contributed by atoms with Gasteiger partial charge in [-0.15, -0.1) is 0 Å². The van der Waals surface area contributed by atoms with E-state index in [1.807, 2.05) is 18.2 Å². The Bertz CT molecular complexity index is 824. The van der Waals surface area contributed by atoms with Gasteiger partial charge in [-0.25, -0.2) is 14.4 Å². The number of alkyl halides is 1. The highest BCUT2D eigenvalue weighted by atomic mass is 19.1. The summed E-state index contributed by atoms with van der Waals surface area (Å²) < 4.78 is 20.0. The van der Waals surface area contributed by atoms with Gasteiger partial charge < -0.3 is 10.1 Å². The molecule has 2 unspecified atom stereocenters. The van der Waals surface area contributed by atoms with Crippen molar-refractivity contribution in [1.82, 2.24) is 20.2 Å². The van der Waals surface area contributed by atoms with Gasteiger partial charge >= 0.3 is 0 Å². The molecule has 3 aromatic rings. The first kappa shape index (κ1) is 16.0. The summed E-state index contributed by atoms with van der Waals surface area (Å²) in [6.45, 7) is 0.0981. The molecule has 2 heterocycles. The van der Waals surface area contributed by atoms with Crippen LogP contribution in [0.2, 0.25) is 0 Å². The Morgan fingerprint density at radius 3 is 3.00 bits per heavy atom. The lowest BCUT2D eigenvalue weighted by atomic mass is 10.1. The minimum absolute atomic E-state index is 0.0705. The third-order valence-electron chi connectivity index (χ3n) is 4.61. The molecule has 2 aromatic heterocycles. The van der Waals surface area contributed by atoms with E-state index in [-0.39, 0.29) is 18.8 Å². The van der Waals surface area contributed by atoms with Crippen LogP contribution in [0.4, 0.5) is 10.2 Å². The van der Waals surface area contributed by atoms with E-state index in [4.69, 9.17) is 4.74 Å². The van der Waals surface area contributed by atoms with Gasteiger partial charge in [-0.3, -0.25) is 5.10 Å². The molecule has 0 saturated heterocycles. The Balaban J connectivity index is 1.30. The Labute approximate surface area is 144 Å². The van der Waals surface area contributed by atoms with Gasteiger partial charge in [-0.2, -0.15) is 5.10 Å². The first-order valence-electron chi connectivity index (χ1n) is 8.51. The van der Waals surface area contributed by atoms with Crippen LogP contribution in [0.3, 0.4) is 0 Å². The van der Waals surface area contributed by atoms with E-state index in [1.54, 1.807) is 18.3 Å². The topological polar surface area (TPSA) is 75.7 Å². The highest BCUT2D eigenvalue weighted by Crippen LogP contribution is 2.28. The number of anilines is 1. The molecule has 25 heavy (non-hydrogen) atoms. The number of fused-ring (bicyclic) bond motifs is 1. The molecule has 0 spiro atoms. The normalized spacial score (nSPS) is 21.5. The second-order valence-electron chi connectivity index (χ2n) is 6.34. The van der Waals surface area contributed by atoms with Crippen LogP contribution >= 0.6 is 0 Å². The maximum Gasteiger partial charge on any atom is 0.160 e. The molecular weight excluding hydrogens is 321 g/mol. The lowest BCUT2D eigenvalue weighted by Gasteiger charge is -2.16. The third kappa shape index (κ3) is 3.61. The largest absolute Gasteiger partial charge is 0.375 e. The molecule has 7 heteroatoms. The van der Waals surface area contributed by atoms with Crippen molar-refractivity contribution in [3.05, 3.63) is 48.4 Å². The number of nitrogens with zero attached hydrogens (tertiary/aromatic N) is 3. The minimum Gasteiger partial charge on any atom is -0.375 e. The van der Waals surface area contributed by atoms with Gasteiger partial charge in [0.25, 0.3) is 0 Å². The number of rotatable bonds is 6. The summed E-state index contributed by atoms with van der Waals surface area (Å²) in [5, 5.41) is 11.1. The summed E-state index contributed by atoms with van der Waals surface area (Å²) in [6, 6.07) is 9.41. The van der Waals surface area contributed by atoms with E-state index in [0.29, 0.717) is 11.2 Å². The monoisotopic (exact) mass is 341 g/mol. The first-order chi connectivity index (χ1) is 12.3. The SMILES string of the molecule is F[C@H](COC1CCC(Nc2ncnc3[nH]ncc23)C1)c1ccccc1. The van der Waals surface area contributed by atoms with Crippen molar-refractivity contribution in [1.29, 1.82) is 0 Å². The number of aromatic nitrogens is 4. The molecule has 3 atom stereocenters. The average Bonchev–Trinajstić information content (AvgIpc) is 3.30. The van der Waals surface area contributed by atoms with Gasteiger partial charge in [0.1, 0.15) is 18.3 Å². The van der Waals surface area contributed by atoms with Crippen LogP contribution in [0.25, 0.3) is 11.0 Å². The van der Waals surface area contributed by atoms with E-state index in [1.165, 1.54) is 6.33 Å². The van der Waals surface area contributed by atoms with Crippen molar-refractivity contribution in [2.24, 2.45) is 0 Å². The number of hydrogen-bond acceptors (Lipinski definition) is 5. The minimum atomic E-state index is -1.08. The van der Waals surface area contributed by atoms with Crippen LogP contribution < -0.4 is 5.32 Å². The zero-order chi connectivity index (χ0) is 17.1. The molecule has 1 aliphatic carbocycles. The Morgan fingerprint density at radius 1 is 1.24 bits per heavy atom. The quantitative estimate of drug-likeness (QED) is 0.718. The zero-order valence-electron chi connectivity index (χ0n) is 13.7. The molecule has 2 N–H and O–H groups in total. The summed E-state index contributed by atoms with van der Waals surface area (Å²) in [5.74, 6) is 0.775. The van der Waals surface area contributed by atoms with Crippen molar-refractivity contribution >= 4 is 16.9 Å². The van der Waals surface area contributed by atoms with Gasteiger partial charge in [-0.05, 0) is 24.8 Å². The highest BCUT2D eigenvalue weighted by Gasteiger charge is 2.27. The fourth-order valence-electron chi connectivity index (χ4n) is 3.27. The fourth-order valence-corrected chi connectivity index (χ4v) is 3.27. The fraction of sp³-hybridized carbons (Fsp3) is 0.389. The van der Waals surface area contributed by atoms with Gasteiger partial charge in [0.2, 0.25) is 0 Å². The molecule has 0 amide bonds. The first-order valence-corrected chi connectivity index (χ1v) is 8.51. The maximum atomic E-state index is 14.2. The Morgan fingerprint density at radius 2 is 2.12 bits per heavy atom. The molecule has 1 saturated carbocycles. The molecule has 6 nitrogen and oxygen atoms in total. The predicted octanol–water partition coefficient (Wildman–Crippen LogP) is 3.41. The summed E-state index contributed by atoms with van der Waals surface area (Å²) in [5.41, 5.74) is 1.38. The number of aromatic amines is 1. The van der Waals surface area contributed by atoms with Crippen molar-refractivity contribution in [2.75, 3.05) is 11.9 Å². The smallest absolute Gasteiger partial charge is 0.160 e. The summed E-state index contributed by atoms with van der Waals surface area (Å²) in [4.78, 5) is 8.43. The van der Waals surface area contributed by atoms with Crippen LogP contribution in [0.5, 0.6) is 0 Å². The lowest BCUT2D eigenvalue weighted by Crippen LogP contribution is -2.19. The molecule has 0 bridgehead atoms. The van der Waals surface area contributed by atoms with Crippen LogP contribution in [-0.4, -0.2) is 38.9 Å². The molecule has 0 aliphatic heterocycles. The summed E-state index contributed by atoms with van der Waals surface area (Å²) in [7, 11) is 0. The third-order valence-corrected chi connectivity index (χ3v) is 4.61. The van der Waals surface area contributed by atoms with Crippen molar-refractivity contribution in [3.63, 3.8) is 0 Å². The predicted molar refractivity (Wildman–Crippen MR) is 93.0 cm³/mol. The van der Waals surface area contributed by atoms with Crippen LogP contribution in [0.1, 0.15) is 31.0 Å². The van der Waals surface area contributed by atoms with E-state index in [9.17, 15) is 4.39 Å². The van der Waals surface area contributed by atoms with Crippen molar-refractivity contribution in [3.8, 4) is 0 Å². The van der Waals surface area contributed by atoms with E-state index < -0.39 is 6.17 Å². The van der Waals surface area contributed by atoms with Crippen LogP contribution in [-0.2, 0) is 4.74 Å². The van der Waals surface area contributed by atoms with Crippen molar-refractivity contribution in [2.45, 2.75) is 37.6 Å². The standard InChI is InChI=1S/C18H20FN5O/c19-16(12-4-2-1-3-5-12)10-25-14-7-6-13(8-14)23-17-15-9-22-24-18(15)21-11-20-17/h1-5,9,11,13-14,16H,6-8,10H2,(H2,20,21,22,23,24)/t13?,14?,16-/m1/s1. The van der Waals surface area contributed by atoms with Crippen LogP contribution in [0.15, 0.2) is 42.9 Å². The summed E-state index contributed by atoms with van der Waals surface area (Å²) in [6.07, 6.45) is 4.94. The number of nitrogens with one attached hydrogen (secondary N) is 2. The number of ether oxygens (including phenoxy) is 1. The molecule has 0 radical (unpaired) electrons. The highest BCUT2D eigenvalue weighted by molar-refractivity contribution is 5.85. The number of benzene rings is 1. The number of H-pyrrole nitrogens is 1. The maximum absolute atomic E-state index is 14.2. The van der Waals surface area contributed by atoms with Crippen LogP contribution in [0, 0.1) is 0 Å². The van der Waals surface area contributed by atoms with Gasteiger partial charge in [0.15, 0.2) is 5.65 Å². The van der Waals surface area contributed by atoms with E-state index >= 15 is 0 Å². The van der Waals surface area contributed by atoms with Crippen molar-refractivity contribution < 1.29 is 9.13 Å². The molecule has 130 valence electrons. The van der Waals surface area contributed by atoms with Gasteiger partial charge in [0, 0.05) is 6.04 Å². The zero-order valence-corrected chi connectivity index (χ0v) is 13.7.